The van der Waals surface area contributed by atoms with Crippen molar-refractivity contribution < 1.29 is 4.74 Å². The van der Waals surface area contributed by atoms with Crippen LogP contribution in [0.5, 0.6) is 0 Å². The lowest BCUT2D eigenvalue weighted by atomic mass is 10.1. The van der Waals surface area contributed by atoms with Crippen LogP contribution in [0.1, 0.15) is 45.4 Å². The molecule has 0 saturated heterocycles. The monoisotopic (exact) mass is 197 g/mol. The Morgan fingerprint density at radius 1 is 1.43 bits per heavy atom. The van der Waals surface area contributed by atoms with E-state index in [9.17, 15) is 0 Å². The highest BCUT2D eigenvalue weighted by molar-refractivity contribution is 5.06. The topological polar surface area (TPSA) is 21.3 Å². The second-order valence-corrected chi connectivity index (χ2v) is 3.93. The van der Waals surface area contributed by atoms with Crippen molar-refractivity contribution in [3.8, 4) is 0 Å². The molecule has 0 spiro atoms. The Morgan fingerprint density at radius 3 is 2.86 bits per heavy atom. The highest BCUT2D eigenvalue weighted by atomic mass is 16.5. The molecule has 0 aromatic heterocycles. The Kier molecular flexibility index (Phi) is 5.69. The lowest BCUT2D eigenvalue weighted by Gasteiger charge is -2.17. The first-order valence-electron chi connectivity index (χ1n) is 5.88. The normalized spacial score (nSPS) is 17.7. The Morgan fingerprint density at radius 2 is 2.29 bits per heavy atom. The quantitative estimate of drug-likeness (QED) is 0.634. The van der Waals surface area contributed by atoms with Crippen molar-refractivity contribution in [2.24, 2.45) is 0 Å². The van der Waals surface area contributed by atoms with E-state index < -0.39 is 0 Å². The van der Waals surface area contributed by atoms with Crippen LogP contribution in [0, 0.1) is 0 Å². The fraction of sp³-hybridized carbons (Fsp3) is 0.833. The van der Waals surface area contributed by atoms with Crippen LogP contribution in [0.4, 0.5) is 0 Å². The number of ether oxygens (including phenoxy) is 1. The van der Waals surface area contributed by atoms with Crippen molar-refractivity contribution in [2.75, 3.05) is 13.7 Å². The van der Waals surface area contributed by atoms with Crippen molar-refractivity contribution in [2.45, 2.75) is 51.5 Å². The molecule has 0 bridgehead atoms. The molecular formula is C12H23NO. The molecule has 14 heavy (non-hydrogen) atoms. The largest absolute Gasteiger partial charge is 0.496 e. The molecule has 1 aliphatic rings. The minimum absolute atomic E-state index is 0.453. The highest BCUT2D eigenvalue weighted by Gasteiger charge is 2.15. The van der Waals surface area contributed by atoms with Crippen molar-refractivity contribution in [1.29, 1.82) is 0 Å². The number of rotatable bonds is 7. The van der Waals surface area contributed by atoms with Crippen molar-refractivity contribution in [1.82, 2.24) is 5.32 Å². The van der Waals surface area contributed by atoms with Gasteiger partial charge in [0.25, 0.3) is 0 Å². The van der Waals surface area contributed by atoms with Crippen molar-refractivity contribution >= 4 is 0 Å². The van der Waals surface area contributed by atoms with Gasteiger partial charge in [0.05, 0.1) is 12.6 Å². The summed E-state index contributed by atoms with van der Waals surface area (Å²) in [7, 11) is 2.02. The molecule has 0 aromatic carbocycles. The van der Waals surface area contributed by atoms with Crippen LogP contribution in [0.3, 0.4) is 0 Å². The van der Waals surface area contributed by atoms with E-state index in [1.165, 1.54) is 37.9 Å². The maximum absolute atomic E-state index is 5.56. The summed E-state index contributed by atoms with van der Waals surface area (Å²) < 4.78 is 5.56. The van der Waals surface area contributed by atoms with E-state index in [2.05, 4.69) is 18.3 Å². The van der Waals surface area contributed by atoms with Gasteiger partial charge in [0.2, 0.25) is 0 Å². The first-order chi connectivity index (χ1) is 6.88. The van der Waals surface area contributed by atoms with Gasteiger partial charge in [-0.3, -0.25) is 0 Å². The zero-order valence-electron chi connectivity index (χ0n) is 9.51. The highest BCUT2D eigenvalue weighted by Crippen LogP contribution is 2.17. The Labute approximate surface area is 87.7 Å². The molecule has 1 aliphatic heterocycles. The Hall–Kier alpha value is -0.500. The summed E-state index contributed by atoms with van der Waals surface area (Å²) in [5.74, 6) is 1.17. The third kappa shape index (κ3) is 3.70. The van der Waals surface area contributed by atoms with Crippen LogP contribution in [0.25, 0.3) is 0 Å². The number of nitrogens with one attached hydrogen (secondary N) is 1. The van der Waals surface area contributed by atoms with Gasteiger partial charge in [-0.2, -0.15) is 0 Å². The Balaban J connectivity index is 2.18. The van der Waals surface area contributed by atoms with E-state index in [0.717, 1.165) is 13.0 Å². The maximum Gasteiger partial charge on any atom is 0.109 e. The van der Waals surface area contributed by atoms with Crippen LogP contribution in [-0.4, -0.2) is 19.7 Å². The average molecular weight is 197 g/mol. The summed E-state index contributed by atoms with van der Waals surface area (Å²) in [6.07, 6.45) is 9.84. The van der Waals surface area contributed by atoms with Gasteiger partial charge >= 0.3 is 0 Å². The van der Waals surface area contributed by atoms with E-state index in [1.54, 1.807) is 0 Å². The SMILES string of the molecule is CCCCCCC(NC)C1=CCCO1. The molecule has 1 N–H and O–H groups in total. The van der Waals surface area contributed by atoms with Gasteiger partial charge in [0.1, 0.15) is 5.76 Å². The Bertz CT molecular complexity index is 177. The smallest absolute Gasteiger partial charge is 0.109 e. The van der Waals surface area contributed by atoms with Crippen molar-refractivity contribution in [3.63, 3.8) is 0 Å². The molecule has 1 heterocycles. The summed E-state index contributed by atoms with van der Waals surface area (Å²) in [6.45, 7) is 3.13. The first-order valence-corrected chi connectivity index (χ1v) is 5.88. The summed E-state index contributed by atoms with van der Waals surface area (Å²) in [4.78, 5) is 0. The molecule has 2 heteroatoms. The minimum Gasteiger partial charge on any atom is -0.496 e. The zero-order valence-corrected chi connectivity index (χ0v) is 9.51. The maximum atomic E-state index is 5.56. The van der Waals surface area contributed by atoms with E-state index in [1.807, 2.05) is 7.05 Å². The average Bonchev–Trinajstić information content (AvgIpc) is 2.71. The van der Waals surface area contributed by atoms with E-state index in [-0.39, 0.29) is 0 Å². The standard InChI is InChI=1S/C12H23NO/c1-3-4-5-6-8-11(13-2)12-9-7-10-14-12/h9,11,13H,3-8,10H2,1-2H3. The predicted octanol–water partition coefficient (Wildman–Crippen LogP) is 2.85. The first kappa shape index (κ1) is 11.6. The number of hydrogen-bond acceptors (Lipinski definition) is 2. The fourth-order valence-electron chi connectivity index (χ4n) is 1.88. The zero-order chi connectivity index (χ0) is 10.2. The van der Waals surface area contributed by atoms with E-state index in [4.69, 9.17) is 4.74 Å². The number of hydrogen-bond donors (Lipinski definition) is 1. The number of likely N-dealkylation sites (N-methyl/N-ethyl adjacent to an activating group) is 1. The van der Waals surface area contributed by atoms with Gasteiger partial charge in [-0.15, -0.1) is 0 Å². The third-order valence-corrected chi connectivity index (χ3v) is 2.77. The molecule has 0 radical (unpaired) electrons. The molecule has 0 aromatic rings. The molecule has 1 rings (SSSR count). The minimum atomic E-state index is 0.453. The predicted molar refractivity (Wildman–Crippen MR) is 60.3 cm³/mol. The van der Waals surface area contributed by atoms with Crippen LogP contribution in [-0.2, 0) is 4.74 Å². The summed E-state index contributed by atoms with van der Waals surface area (Å²) >= 11 is 0. The van der Waals surface area contributed by atoms with E-state index >= 15 is 0 Å². The van der Waals surface area contributed by atoms with Gasteiger partial charge in [-0.25, -0.2) is 0 Å². The molecule has 0 aliphatic carbocycles. The second kappa shape index (κ2) is 6.88. The van der Waals surface area contributed by atoms with Crippen LogP contribution >= 0.6 is 0 Å². The molecule has 0 fully saturated rings. The van der Waals surface area contributed by atoms with Gasteiger partial charge in [0, 0.05) is 6.42 Å². The van der Waals surface area contributed by atoms with Gasteiger partial charge in [-0.1, -0.05) is 32.6 Å². The van der Waals surface area contributed by atoms with E-state index in [0.29, 0.717) is 6.04 Å². The molecule has 82 valence electrons. The lowest BCUT2D eigenvalue weighted by Crippen LogP contribution is -2.27. The molecule has 0 amide bonds. The van der Waals surface area contributed by atoms with Crippen molar-refractivity contribution in [3.05, 3.63) is 11.8 Å². The molecule has 2 nitrogen and oxygen atoms in total. The van der Waals surface area contributed by atoms with Gasteiger partial charge < -0.3 is 10.1 Å². The van der Waals surface area contributed by atoms with Crippen LogP contribution in [0.15, 0.2) is 11.8 Å². The van der Waals surface area contributed by atoms with Gasteiger partial charge in [-0.05, 0) is 19.5 Å². The number of unbranched alkanes of at least 4 members (excludes halogenated alkanes) is 3. The second-order valence-electron chi connectivity index (χ2n) is 3.93. The molecule has 0 saturated carbocycles. The summed E-state index contributed by atoms with van der Waals surface area (Å²) in [5, 5.41) is 3.33. The molecule has 1 unspecified atom stereocenters. The summed E-state index contributed by atoms with van der Waals surface area (Å²) in [5.41, 5.74) is 0. The molecule has 1 atom stereocenters. The van der Waals surface area contributed by atoms with Gasteiger partial charge in [0.15, 0.2) is 0 Å². The van der Waals surface area contributed by atoms with Crippen LogP contribution in [0.2, 0.25) is 0 Å². The lowest BCUT2D eigenvalue weighted by molar-refractivity contribution is 0.213. The summed E-state index contributed by atoms with van der Waals surface area (Å²) in [6, 6.07) is 0.453. The third-order valence-electron chi connectivity index (χ3n) is 2.77. The fourth-order valence-corrected chi connectivity index (χ4v) is 1.88. The van der Waals surface area contributed by atoms with Crippen LogP contribution < -0.4 is 5.32 Å². The molecular weight excluding hydrogens is 174 g/mol.